The molecular formula is C17H14ClN3O4. The van der Waals surface area contributed by atoms with Crippen molar-refractivity contribution in [3.63, 3.8) is 0 Å². The van der Waals surface area contributed by atoms with Gasteiger partial charge in [0.25, 0.3) is 11.6 Å². The maximum atomic E-state index is 12.0. The molecular weight excluding hydrogens is 346 g/mol. The lowest BCUT2D eigenvalue weighted by molar-refractivity contribution is -0.385. The number of carbonyl (C=O) groups excluding carboxylic acids is 1. The Morgan fingerprint density at radius 2 is 2.16 bits per heavy atom. The zero-order valence-electron chi connectivity index (χ0n) is 13.3. The standard InChI is InChI=1S/C17H14ClN3O4/c1-12-4-6-14(11-20-12)25-9-3-2-8-19-17(22)15-10-13(18)5-7-16(15)21(23)24/h4-7,10-11H,8-9H2,1H3,(H,19,22). The van der Waals surface area contributed by atoms with Gasteiger partial charge >= 0.3 is 0 Å². The minimum atomic E-state index is -0.639. The molecule has 0 bridgehead atoms. The first-order chi connectivity index (χ1) is 12.0. The lowest BCUT2D eigenvalue weighted by atomic mass is 10.1. The van der Waals surface area contributed by atoms with Crippen LogP contribution in [0.1, 0.15) is 16.1 Å². The number of nitro groups is 1. The highest BCUT2D eigenvalue weighted by Gasteiger charge is 2.19. The minimum Gasteiger partial charge on any atom is -0.479 e. The molecule has 0 aliphatic heterocycles. The van der Waals surface area contributed by atoms with Gasteiger partial charge in [-0.1, -0.05) is 23.4 Å². The number of pyridine rings is 1. The number of nitrogens with zero attached hydrogens (tertiary/aromatic N) is 2. The molecule has 1 amide bonds. The molecule has 0 atom stereocenters. The number of halogens is 1. The Balaban J connectivity index is 1.86. The quantitative estimate of drug-likeness (QED) is 0.503. The number of aromatic nitrogens is 1. The smallest absolute Gasteiger partial charge is 0.282 e. The molecule has 0 saturated heterocycles. The largest absolute Gasteiger partial charge is 0.479 e. The first kappa shape index (κ1) is 18.2. The number of hydrogen-bond acceptors (Lipinski definition) is 5. The first-order valence-electron chi connectivity index (χ1n) is 7.20. The molecule has 0 aliphatic rings. The van der Waals surface area contributed by atoms with Gasteiger partial charge in [-0.15, -0.1) is 0 Å². The van der Waals surface area contributed by atoms with Crippen molar-refractivity contribution in [2.45, 2.75) is 6.92 Å². The number of ether oxygens (including phenoxy) is 1. The van der Waals surface area contributed by atoms with Gasteiger partial charge < -0.3 is 10.1 Å². The third-order valence-corrected chi connectivity index (χ3v) is 3.29. The zero-order valence-corrected chi connectivity index (χ0v) is 14.0. The predicted octanol–water partition coefficient (Wildman–Crippen LogP) is 2.76. The van der Waals surface area contributed by atoms with Crippen molar-refractivity contribution >= 4 is 23.2 Å². The van der Waals surface area contributed by atoms with Crippen molar-refractivity contribution in [2.24, 2.45) is 0 Å². The highest BCUT2D eigenvalue weighted by atomic mass is 35.5. The van der Waals surface area contributed by atoms with Crippen molar-refractivity contribution in [1.82, 2.24) is 10.3 Å². The molecule has 128 valence electrons. The van der Waals surface area contributed by atoms with E-state index < -0.39 is 10.8 Å². The number of benzene rings is 1. The van der Waals surface area contributed by atoms with Crippen LogP contribution in [-0.4, -0.2) is 29.0 Å². The molecule has 1 aromatic heterocycles. The van der Waals surface area contributed by atoms with Gasteiger partial charge in [-0.3, -0.25) is 19.9 Å². The number of nitro benzene ring substituents is 1. The predicted molar refractivity (Wildman–Crippen MR) is 92.7 cm³/mol. The third-order valence-electron chi connectivity index (χ3n) is 3.06. The van der Waals surface area contributed by atoms with Crippen LogP contribution in [0, 0.1) is 28.9 Å². The van der Waals surface area contributed by atoms with Gasteiger partial charge in [0.1, 0.15) is 17.9 Å². The molecule has 8 heteroatoms. The normalized spacial score (nSPS) is 9.68. The minimum absolute atomic E-state index is 0.0258. The summed E-state index contributed by atoms with van der Waals surface area (Å²) in [5.74, 6) is 5.41. The SMILES string of the molecule is Cc1ccc(OCC#CCNC(=O)c2cc(Cl)ccc2[N+](=O)[O-])cn1. The highest BCUT2D eigenvalue weighted by Crippen LogP contribution is 2.22. The lowest BCUT2D eigenvalue weighted by Gasteiger charge is -2.03. The number of amides is 1. The number of rotatable bonds is 5. The molecule has 25 heavy (non-hydrogen) atoms. The third kappa shape index (κ3) is 5.48. The number of carbonyl (C=O) groups is 1. The summed E-state index contributed by atoms with van der Waals surface area (Å²) in [4.78, 5) is 26.4. The monoisotopic (exact) mass is 359 g/mol. The van der Waals surface area contributed by atoms with Crippen molar-refractivity contribution < 1.29 is 14.5 Å². The van der Waals surface area contributed by atoms with Gasteiger partial charge in [-0.2, -0.15) is 0 Å². The molecule has 2 aromatic rings. The van der Waals surface area contributed by atoms with Crippen molar-refractivity contribution in [1.29, 1.82) is 0 Å². The molecule has 1 aromatic carbocycles. The second kappa shape index (κ2) is 8.66. The van der Waals surface area contributed by atoms with Crippen LogP contribution >= 0.6 is 11.6 Å². The van der Waals surface area contributed by atoms with Crippen LogP contribution in [0.15, 0.2) is 36.5 Å². The average molecular weight is 360 g/mol. The van der Waals surface area contributed by atoms with E-state index in [4.69, 9.17) is 16.3 Å². The van der Waals surface area contributed by atoms with Gasteiger partial charge in [0.15, 0.2) is 0 Å². The fraction of sp³-hybridized carbons (Fsp3) is 0.176. The molecule has 1 N–H and O–H groups in total. The van der Waals surface area contributed by atoms with E-state index in [0.29, 0.717) is 5.75 Å². The molecule has 0 aliphatic carbocycles. The van der Waals surface area contributed by atoms with Crippen LogP contribution in [0.3, 0.4) is 0 Å². The van der Waals surface area contributed by atoms with Gasteiger partial charge in [-0.25, -0.2) is 0 Å². The van der Waals surface area contributed by atoms with E-state index >= 15 is 0 Å². The van der Waals surface area contributed by atoms with Crippen LogP contribution < -0.4 is 10.1 Å². The number of nitrogens with one attached hydrogen (secondary N) is 1. The highest BCUT2D eigenvalue weighted by molar-refractivity contribution is 6.31. The second-order valence-corrected chi connectivity index (χ2v) is 5.32. The van der Waals surface area contributed by atoms with E-state index in [0.717, 1.165) is 5.69 Å². The molecule has 0 saturated carbocycles. The average Bonchev–Trinajstić information content (AvgIpc) is 2.59. The summed E-state index contributed by atoms with van der Waals surface area (Å²) in [5.41, 5.74) is 0.461. The summed E-state index contributed by atoms with van der Waals surface area (Å²) >= 11 is 5.78. The number of aryl methyl sites for hydroxylation is 1. The summed E-state index contributed by atoms with van der Waals surface area (Å²) < 4.78 is 5.36. The van der Waals surface area contributed by atoms with Crippen LogP contribution in [0.5, 0.6) is 5.75 Å². The van der Waals surface area contributed by atoms with Gasteiger partial charge in [0.05, 0.1) is 17.7 Å². The van der Waals surface area contributed by atoms with E-state index in [1.165, 1.54) is 18.2 Å². The maximum Gasteiger partial charge on any atom is 0.282 e. The van der Waals surface area contributed by atoms with Crippen LogP contribution in [0.2, 0.25) is 5.02 Å². The topological polar surface area (TPSA) is 94.4 Å². The van der Waals surface area contributed by atoms with Gasteiger partial charge in [0, 0.05) is 16.8 Å². The summed E-state index contributed by atoms with van der Waals surface area (Å²) in [6, 6.07) is 7.39. The molecule has 0 radical (unpaired) electrons. The van der Waals surface area contributed by atoms with Gasteiger partial charge in [-0.05, 0) is 31.2 Å². The Kier molecular flexibility index (Phi) is 6.32. The number of hydrogen-bond donors (Lipinski definition) is 1. The second-order valence-electron chi connectivity index (χ2n) is 4.88. The van der Waals surface area contributed by atoms with Crippen LogP contribution in [0.4, 0.5) is 5.69 Å². The molecule has 0 spiro atoms. The van der Waals surface area contributed by atoms with Crippen LogP contribution in [-0.2, 0) is 0 Å². The Hall–Kier alpha value is -3.11. The summed E-state index contributed by atoms with van der Waals surface area (Å²) in [7, 11) is 0. The first-order valence-corrected chi connectivity index (χ1v) is 7.58. The Morgan fingerprint density at radius 1 is 1.36 bits per heavy atom. The lowest BCUT2D eigenvalue weighted by Crippen LogP contribution is -2.24. The Morgan fingerprint density at radius 3 is 2.84 bits per heavy atom. The van der Waals surface area contributed by atoms with E-state index in [-0.39, 0.29) is 29.4 Å². The Labute approximate surface area is 149 Å². The fourth-order valence-electron chi connectivity index (χ4n) is 1.84. The van der Waals surface area contributed by atoms with E-state index in [2.05, 4.69) is 22.1 Å². The zero-order chi connectivity index (χ0) is 18.2. The molecule has 0 unspecified atom stereocenters. The van der Waals surface area contributed by atoms with Gasteiger partial charge in [0.2, 0.25) is 0 Å². The fourth-order valence-corrected chi connectivity index (χ4v) is 2.01. The molecule has 0 fully saturated rings. The molecule has 2 rings (SSSR count). The van der Waals surface area contributed by atoms with E-state index in [9.17, 15) is 14.9 Å². The van der Waals surface area contributed by atoms with Crippen molar-refractivity contribution in [2.75, 3.05) is 13.2 Å². The Bertz CT molecular complexity index is 841. The maximum absolute atomic E-state index is 12.0. The molecule has 1 heterocycles. The van der Waals surface area contributed by atoms with Crippen molar-refractivity contribution in [3.05, 3.63) is 62.9 Å². The summed E-state index contributed by atoms with van der Waals surface area (Å²) in [6.45, 7) is 2.03. The van der Waals surface area contributed by atoms with Crippen molar-refractivity contribution in [3.8, 4) is 17.6 Å². The molecule has 7 nitrogen and oxygen atoms in total. The van der Waals surface area contributed by atoms with E-state index in [1.54, 1.807) is 12.3 Å². The summed E-state index contributed by atoms with van der Waals surface area (Å²) in [5, 5.41) is 13.7. The van der Waals surface area contributed by atoms with E-state index in [1.807, 2.05) is 13.0 Å². The van der Waals surface area contributed by atoms with Crippen LogP contribution in [0.25, 0.3) is 0 Å². The summed E-state index contributed by atoms with van der Waals surface area (Å²) in [6.07, 6.45) is 1.59.